The van der Waals surface area contributed by atoms with Gasteiger partial charge < -0.3 is 4.74 Å². The SMILES string of the molecule is COC(=O)c1cnc2c(C)ccc(Br)c2c1Cl. The van der Waals surface area contributed by atoms with Crippen LogP contribution < -0.4 is 0 Å². The third kappa shape index (κ3) is 2.03. The van der Waals surface area contributed by atoms with Crippen molar-refractivity contribution in [2.24, 2.45) is 0 Å². The fourth-order valence-electron chi connectivity index (χ4n) is 1.62. The lowest BCUT2D eigenvalue weighted by atomic mass is 10.1. The number of carbonyl (C=O) groups is 1. The van der Waals surface area contributed by atoms with E-state index in [1.165, 1.54) is 13.3 Å². The van der Waals surface area contributed by atoms with Gasteiger partial charge in [-0.05, 0) is 18.6 Å². The number of rotatable bonds is 1. The van der Waals surface area contributed by atoms with Crippen molar-refractivity contribution in [2.45, 2.75) is 6.92 Å². The van der Waals surface area contributed by atoms with Crippen molar-refractivity contribution in [1.82, 2.24) is 4.98 Å². The Hall–Kier alpha value is -1.13. The van der Waals surface area contributed by atoms with Crippen LogP contribution in [0.2, 0.25) is 5.02 Å². The van der Waals surface area contributed by atoms with E-state index in [1.807, 2.05) is 19.1 Å². The van der Waals surface area contributed by atoms with Gasteiger partial charge in [0, 0.05) is 16.1 Å². The van der Waals surface area contributed by atoms with E-state index in [1.54, 1.807) is 0 Å². The third-order valence-corrected chi connectivity index (χ3v) is 3.57. The van der Waals surface area contributed by atoms with Gasteiger partial charge in [0.05, 0.1) is 23.2 Å². The summed E-state index contributed by atoms with van der Waals surface area (Å²) in [5.41, 5.74) is 2.05. The minimum atomic E-state index is -0.488. The van der Waals surface area contributed by atoms with Gasteiger partial charge in [0.15, 0.2) is 0 Å². The predicted molar refractivity (Wildman–Crippen MR) is 70.5 cm³/mol. The molecule has 0 fully saturated rings. The summed E-state index contributed by atoms with van der Waals surface area (Å²) >= 11 is 9.63. The molecule has 17 heavy (non-hydrogen) atoms. The summed E-state index contributed by atoms with van der Waals surface area (Å²) in [5, 5.41) is 1.09. The summed E-state index contributed by atoms with van der Waals surface area (Å²) in [6.07, 6.45) is 1.44. The summed E-state index contributed by atoms with van der Waals surface area (Å²) in [4.78, 5) is 15.8. The number of methoxy groups -OCH3 is 1. The molecule has 0 aliphatic heterocycles. The lowest BCUT2D eigenvalue weighted by Gasteiger charge is -2.08. The molecule has 0 spiro atoms. The van der Waals surface area contributed by atoms with E-state index in [9.17, 15) is 4.79 Å². The number of aryl methyl sites for hydroxylation is 1. The maximum Gasteiger partial charge on any atom is 0.340 e. The molecule has 5 heteroatoms. The summed E-state index contributed by atoms with van der Waals surface area (Å²) in [6, 6.07) is 3.82. The van der Waals surface area contributed by atoms with Crippen molar-refractivity contribution < 1.29 is 9.53 Å². The number of nitrogens with zero attached hydrogens (tertiary/aromatic N) is 1. The van der Waals surface area contributed by atoms with Crippen LogP contribution in [0.25, 0.3) is 10.9 Å². The number of halogens is 2. The van der Waals surface area contributed by atoms with Crippen molar-refractivity contribution in [3.63, 3.8) is 0 Å². The maximum absolute atomic E-state index is 11.5. The molecule has 0 saturated carbocycles. The number of pyridine rings is 1. The lowest BCUT2D eigenvalue weighted by molar-refractivity contribution is 0.0600. The first-order valence-electron chi connectivity index (χ1n) is 4.88. The standard InChI is InChI=1S/C12H9BrClNO2/c1-6-3-4-8(13)9-10(14)7(12(16)17-2)5-15-11(6)9/h3-5H,1-2H3. The van der Waals surface area contributed by atoms with Gasteiger partial charge in [0.1, 0.15) is 0 Å². The second-order valence-corrected chi connectivity index (χ2v) is 4.80. The molecule has 0 N–H and O–H groups in total. The Labute approximate surface area is 112 Å². The molecule has 3 nitrogen and oxygen atoms in total. The zero-order valence-electron chi connectivity index (χ0n) is 9.25. The summed E-state index contributed by atoms with van der Waals surface area (Å²) in [5.74, 6) is -0.488. The second-order valence-electron chi connectivity index (χ2n) is 3.57. The minimum absolute atomic E-state index is 0.271. The molecule has 1 aromatic heterocycles. The molecular formula is C12H9BrClNO2. The van der Waals surface area contributed by atoms with E-state index in [0.717, 1.165) is 20.9 Å². The van der Waals surface area contributed by atoms with Gasteiger partial charge in [-0.3, -0.25) is 4.98 Å². The molecule has 1 heterocycles. The number of aromatic nitrogens is 1. The van der Waals surface area contributed by atoms with Crippen LogP contribution in [0, 0.1) is 6.92 Å². The molecule has 0 bridgehead atoms. The summed E-state index contributed by atoms with van der Waals surface area (Å²) in [7, 11) is 1.31. The Morgan fingerprint density at radius 3 is 2.82 bits per heavy atom. The Balaban J connectivity index is 2.84. The van der Waals surface area contributed by atoms with Gasteiger partial charge in [-0.2, -0.15) is 0 Å². The quantitative estimate of drug-likeness (QED) is 0.753. The van der Waals surface area contributed by atoms with Crippen molar-refractivity contribution in [3.05, 3.63) is 39.0 Å². The Morgan fingerprint density at radius 1 is 1.47 bits per heavy atom. The van der Waals surface area contributed by atoms with Gasteiger partial charge in [-0.1, -0.05) is 33.6 Å². The molecular weight excluding hydrogens is 305 g/mol. The van der Waals surface area contributed by atoms with E-state index >= 15 is 0 Å². The van der Waals surface area contributed by atoms with Gasteiger partial charge in [-0.15, -0.1) is 0 Å². The minimum Gasteiger partial charge on any atom is -0.465 e. The lowest BCUT2D eigenvalue weighted by Crippen LogP contribution is -2.03. The van der Waals surface area contributed by atoms with Crippen LogP contribution in [-0.4, -0.2) is 18.1 Å². The molecule has 2 aromatic rings. The van der Waals surface area contributed by atoms with Crippen LogP contribution in [0.1, 0.15) is 15.9 Å². The highest BCUT2D eigenvalue weighted by molar-refractivity contribution is 9.10. The van der Waals surface area contributed by atoms with Crippen molar-refractivity contribution in [2.75, 3.05) is 7.11 Å². The molecule has 0 atom stereocenters. The average Bonchev–Trinajstić information content (AvgIpc) is 2.33. The maximum atomic E-state index is 11.5. The molecule has 0 aliphatic carbocycles. The molecule has 0 unspecified atom stereocenters. The number of fused-ring (bicyclic) bond motifs is 1. The van der Waals surface area contributed by atoms with Gasteiger partial charge in [0.25, 0.3) is 0 Å². The molecule has 1 aromatic carbocycles. The van der Waals surface area contributed by atoms with E-state index in [4.69, 9.17) is 11.6 Å². The molecule has 0 amide bonds. The first-order chi connectivity index (χ1) is 8.06. The van der Waals surface area contributed by atoms with Crippen LogP contribution in [0.15, 0.2) is 22.8 Å². The Kier molecular flexibility index (Phi) is 3.35. The van der Waals surface area contributed by atoms with Crippen molar-refractivity contribution in [1.29, 1.82) is 0 Å². The molecule has 0 saturated heterocycles. The number of hydrogen-bond acceptors (Lipinski definition) is 3. The topological polar surface area (TPSA) is 39.2 Å². The number of hydrogen-bond donors (Lipinski definition) is 0. The fourth-order valence-corrected chi connectivity index (χ4v) is 2.57. The van der Waals surface area contributed by atoms with E-state index in [2.05, 4.69) is 25.7 Å². The van der Waals surface area contributed by atoms with Crippen LogP contribution >= 0.6 is 27.5 Å². The predicted octanol–water partition coefficient (Wildman–Crippen LogP) is 3.75. The smallest absolute Gasteiger partial charge is 0.340 e. The molecule has 0 radical (unpaired) electrons. The Morgan fingerprint density at radius 2 is 2.18 bits per heavy atom. The van der Waals surface area contributed by atoms with Gasteiger partial charge >= 0.3 is 5.97 Å². The van der Waals surface area contributed by atoms with E-state index in [0.29, 0.717) is 5.02 Å². The monoisotopic (exact) mass is 313 g/mol. The zero-order chi connectivity index (χ0) is 12.6. The first-order valence-corrected chi connectivity index (χ1v) is 6.05. The number of esters is 1. The Bertz CT molecular complexity index is 613. The largest absolute Gasteiger partial charge is 0.465 e. The highest BCUT2D eigenvalue weighted by atomic mass is 79.9. The molecule has 2 rings (SSSR count). The van der Waals surface area contributed by atoms with E-state index < -0.39 is 5.97 Å². The first kappa shape index (κ1) is 12.3. The normalized spacial score (nSPS) is 10.6. The second kappa shape index (κ2) is 4.63. The highest BCUT2D eigenvalue weighted by Crippen LogP contribution is 2.33. The fraction of sp³-hybridized carbons (Fsp3) is 0.167. The number of benzene rings is 1. The van der Waals surface area contributed by atoms with Crippen LogP contribution in [0.5, 0.6) is 0 Å². The summed E-state index contributed by atoms with van der Waals surface area (Å²) < 4.78 is 5.46. The van der Waals surface area contributed by atoms with Crippen LogP contribution in [-0.2, 0) is 4.74 Å². The summed E-state index contributed by atoms with van der Waals surface area (Å²) in [6.45, 7) is 1.94. The zero-order valence-corrected chi connectivity index (χ0v) is 11.6. The number of ether oxygens (including phenoxy) is 1. The van der Waals surface area contributed by atoms with E-state index in [-0.39, 0.29) is 5.56 Å². The third-order valence-electron chi connectivity index (χ3n) is 2.51. The van der Waals surface area contributed by atoms with Crippen LogP contribution in [0.3, 0.4) is 0 Å². The molecule has 88 valence electrons. The van der Waals surface area contributed by atoms with Gasteiger partial charge in [-0.25, -0.2) is 4.79 Å². The average molecular weight is 315 g/mol. The van der Waals surface area contributed by atoms with Crippen LogP contribution in [0.4, 0.5) is 0 Å². The van der Waals surface area contributed by atoms with Crippen molar-refractivity contribution in [3.8, 4) is 0 Å². The van der Waals surface area contributed by atoms with Gasteiger partial charge in [0.2, 0.25) is 0 Å². The molecule has 0 aliphatic rings. The number of carbonyl (C=O) groups excluding carboxylic acids is 1. The highest BCUT2D eigenvalue weighted by Gasteiger charge is 2.16. The van der Waals surface area contributed by atoms with Crippen molar-refractivity contribution >= 4 is 44.4 Å².